The van der Waals surface area contributed by atoms with Crippen LogP contribution in [-0.2, 0) is 12.3 Å². The number of hydrogen-bond acceptors (Lipinski definition) is 5. The number of rotatable bonds is 6. The van der Waals surface area contributed by atoms with E-state index in [9.17, 15) is 0 Å². The molecule has 142 valence electrons. The predicted molar refractivity (Wildman–Crippen MR) is 114 cm³/mol. The van der Waals surface area contributed by atoms with E-state index in [1.807, 2.05) is 54.8 Å². The van der Waals surface area contributed by atoms with Crippen LogP contribution in [0.2, 0.25) is 5.02 Å². The highest BCUT2D eigenvalue weighted by Crippen LogP contribution is 2.32. The molecule has 5 nitrogen and oxygen atoms in total. The molecule has 28 heavy (non-hydrogen) atoms. The normalized spacial score (nSPS) is 11.2. The minimum atomic E-state index is 0.601. The number of hydrogen-bond donors (Lipinski definition) is 0. The van der Waals surface area contributed by atoms with E-state index in [0.717, 1.165) is 44.5 Å². The van der Waals surface area contributed by atoms with Crippen molar-refractivity contribution in [3.8, 4) is 11.4 Å². The molecule has 1 aromatic carbocycles. The van der Waals surface area contributed by atoms with Crippen molar-refractivity contribution in [2.24, 2.45) is 0 Å². The van der Waals surface area contributed by atoms with Crippen molar-refractivity contribution in [2.45, 2.75) is 31.3 Å². The number of fused-ring (bicyclic) bond motifs is 1. The van der Waals surface area contributed by atoms with Crippen LogP contribution in [0.15, 0.2) is 58.8 Å². The first kappa shape index (κ1) is 18.8. The van der Waals surface area contributed by atoms with Gasteiger partial charge in [0.05, 0.1) is 28.1 Å². The number of aryl methyl sites for hydroxylation is 2. The summed E-state index contributed by atoms with van der Waals surface area (Å²) >= 11 is 8.16. The Morgan fingerprint density at radius 1 is 1.21 bits per heavy atom. The van der Waals surface area contributed by atoms with Gasteiger partial charge in [-0.25, -0.2) is 0 Å². The van der Waals surface area contributed by atoms with E-state index in [4.69, 9.17) is 21.0 Å². The monoisotopic (exact) mass is 410 g/mol. The van der Waals surface area contributed by atoms with Crippen molar-refractivity contribution in [3.63, 3.8) is 0 Å². The van der Waals surface area contributed by atoms with Gasteiger partial charge in [-0.2, -0.15) is 0 Å². The number of aromatic nitrogens is 4. The minimum absolute atomic E-state index is 0.601. The molecule has 0 aliphatic rings. The highest BCUT2D eigenvalue weighted by molar-refractivity contribution is 7.98. The first-order valence-electron chi connectivity index (χ1n) is 8.85. The van der Waals surface area contributed by atoms with Crippen LogP contribution in [0.25, 0.3) is 22.3 Å². The number of benzene rings is 1. The van der Waals surface area contributed by atoms with Gasteiger partial charge in [0.2, 0.25) is 0 Å². The van der Waals surface area contributed by atoms with Crippen molar-refractivity contribution in [3.05, 3.63) is 71.3 Å². The molecular weight excluding hydrogens is 392 g/mol. The van der Waals surface area contributed by atoms with E-state index in [-0.39, 0.29) is 0 Å². The highest BCUT2D eigenvalue weighted by Gasteiger charge is 2.18. The van der Waals surface area contributed by atoms with Gasteiger partial charge in [-0.05, 0) is 31.5 Å². The summed E-state index contributed by atoms with van der Waals surface area (Å²) in [5.74, 6) is 2.18. The van der Waals surface area contributed by atoms with Crippen LogP contribution in [0.3, 0.4) is 0 Å². The molecule has 4 rings (SSSR count). The van der Waals surface area contributed by atoms with Crippen LogP contribution in [0.4, 0.5) is 0 Å². The van der Waals surface area contributed by atoms with Crippen LogP contribution >= 0.6 is 23.4 Å². The average molecular weight is 411 g/mol. The molecule has 0 bridgehead atoms. The fraction of sp³-hybridized carbons (Fsp3) is 0.190. The Hall–Kier alpha value is -2.57. The van der Waals surface area contributed by atoms with Crippen molar-refractivity contribution in [1.29, 1.82) is 0 Å². The Balaban J connectivity index is 1.66. The molecule has 7 heteroatoms. The molecule has 0 saturated heterocycles. The van der Waals surface area contributed by atoms with E-state index in [1.165, 1.54) is 0 Å². The molecule has 3 aromatic heterocycles. The molecule has 0 N–H and O–H groups in total. The number of thioether (sulfide) groups is 1. The lowest BCUT2D eigenvalue weighted by atomic mass is 10.1. The molecule has 0 aliphatic carbocycles. The summed E-state index contributed by atoms with van der Waals surface area (Å²) in [7, 11) is 0. The zero-order chi connectivity index (χ0) is 19.7. The number of nitrogens with zero attached hydrogens (tertiary/aromatic N) is 4. The third-order valence-corrected chi connectivity index (χ3v) is 6.09. The lowest BCUT2D eigenvalue weighted by Gasteiger charge is -2.10. The third kappa shape index (κ3) is 3.34. The molecule has 0 atom stereocenters. The standard InChI is InChI=1S/C21H19ClN4OS/c1-4-10-26-20(16-9-11-27-14(16)3)24-25-21(26)28-12-18-19(22)13(2)15-7-5-6-8-17(15)23-18/h4-9,11H,1,10,12H2,2-3H3. The average Bonchev–Trinajstić information content (AvgIpc) is 3.29. The van der Waals surface area contributed by atoms with Crippen molar-refractivity contribution in [2.75, 3.05) is 0 Å². The number of furan rings is 1. The Labute approximate surface area is 172 Å². The van der Waals surface area contributed by atoms with Gasteiger partial charge in [-0.15, -0.1) is 16.8 Å². The Morgan fingerprint density at radius 3 is 2.79 bits per heavy atom. The second-order valence-corrected chi connectivity index (χ2v) is 7.72. The maximum absolute atomic E-state index is 6.60. The molecule has 0 spiro atoms. The predicted octanol–water partition coefficient (Wildman–Crippen LogP) is 5.83. The first-order chi connectivity index (χ1) is 13.6. The van der Waals surface area contributed by atoms with Crippen LogP contribution in [0.5, 0.6) is 0 Å². The lowest BCUT2D eigenvalue weighted by Crippen LogP contribution is -2.01. The van der Waals surface area contributed by atoms with Crippen molar-refractivity contribution >= 4 is 34.3 Å². The van der Waals surface area contributed by atoms with E-state index < -0.39 is 0 Å². The molecule has 0 amide bonds. The van der Waals surface area contributed by atoms with E-state index in [2.05, 4.69) is 16.8 Å². The van der Waals surface area contributed by atoms with E-state index in [0.29, 0.717) is 17.3 Å². The van der Waals surface area contributed by atoms with Gasteiger partial charge < -0.3 is 4.42 Å². The summed E-state index contributed by atoms with van der Waals surface area (Å²) in [4.78, 5) is 4.75. The minimum Gasteiger partial charge on any atom is -0.469 e. The molecule has 3 heterocycles. The SMILES string of the molecule is C=CCn1c(SCc2nc3ccccc3c(C)c2Cl)nnc1-c1ccoc1C. The topological polar surface area (TPSA) is 56.7 Å². The smallest absolute Gasteiger partial charge is 0.192 e. The number of pyridine rings is 1. The number of halogens is 1. The summed E-state index contributed by atoms with van der Waals surface area (Å²) in [5, 5.41) is 11.3. The molecule has 4 aromatic rings. The van der Waals surface area contributed by atoms with Gasteiger partial charge in [-0.1, -0.05) is 47.6 Å². The van der Waals surface area contributed by atoms with E-state index >= 15 is 0 Å². The zero-order valence-electron chi connectivity index (χ0n) is 15.6. The van der Waals surface area contributed by atoms with E-state index in [1.54, 1.807) is 18.0 Å². The van der Waals surface area contributed by atoms with Gasteiger partial charge in [-0.3, -0.25) is 9.55 Å². The quantitative estimate of drug-likeness (QED) is 0.295. The summed E-state index contributed by atoms with van der Waals surface area (Å²) in [6.45, 7) is 8.40. The number of allylic oxidation sites excluding steroid dienone is 1. The zero-order valence-corrected chi connectivity index (χ0v) is 17.2. The van der Waals surface area contributed by atoms with Crippen molar-refractivity contribution in [1.82, 2.24) is 19.7 Å². The second-order valence-electron chi connectivity index (χ2n) is 6.40. The van der Waals surface area contributed by atoms with Gasteiger partial charge >= 0.3 is 0 Å². The maximum atomic E-state index is 6.60. The van der Waals surface area contributed by atoms with Gasteiger partial charge in [0.25, 0.3) is 0 Å². The van der Waals surface area contributed by atoms with Crippen LogP contribution in [0, 0.1) is 13.8 Å². The van der Waals surface area contributed by atoms with Gasteiger partial charge in [0.15, 0.2) is 11.0 Å². The lowest BCUT2D eigenvalue weighted by molar-refractivity contribution is 0.534. The fourth-order valence-corrected chi connectivity index (χ4v) is 4.33. The fourth-order valence-electron chi connectivity index (χ4n) is 3.15. The van der Waals surface area contributed by atoms with Gasteiger partial charge in [0, 0.05) is 17.7 Å². The third-order valence-electron chi connectivity index (χ3n) is 4.61. The molecule has 0 unspecified atom stereocenters. The molecular formula is C21H19ClN4OS. The maximum Gasteiger partial charge on any atom is 0.192 e. The summed E-state index contributed by atoms with van der Waals surface area (Å²) < 4.78 is 7.44. The van der Waals surface area contributed by atoms with Crippen molar-refractivity contribution < 1.29 is 4.42 Å². The summed E-state index contributed by atoms with van der Waals surface area (Å²) in [6.07, 6.45) is 3.49. The van der Waals surface area contributed by atoms with Crippen LogP contribution in [0.1, 0.15) is 17.0 Å². The number of para-hydroxylation sites is 1. The summed E-state index contributed by atoms with van der Waals surface area (Å²) in [5.41, 5.74) is 3.77. The summed E-state index contributed by atoms with van der Waals surface area (Å²) in [6, 6.07) is 9.94. The molecule has 0 fully saturated rings. The van der Waals surface area contributed by atoms with Crippen LogP contribution < -0.4 is 0 Å². The second kappa shape index (κ2) is 7.81. The van der Waals surface area contributed by atoms with Crippen LogP contribution in [-0.4, -0.2) is 19.7 Å². The highest BCUT2D eigenvalue weighted by atomic mass is 35.5. The molecule has 0 radical (unpaired) electrons. The molecule has 0 aliphatic heterocycles. The Kier molecular flexibility index (Phi) is 5.24. The largest absolute Gasteiger partial charge is 0.469 e. The first-order valence-corrected chi connectivity index (χ1v) is 10.2. The Bertz CT molecular complexity index is 1160. The Morgan fingerprint density at radius 2 is 2.04 bits per heavy atom. The molecule has 0 saturated carbocycles. The van der Waals surface area contributed by atoms with Gasteiger partial charge in [0.1, 0.15) is 5.76 Å².